The zero-order valence-electron chi connectivity index (χ0n) is 18.5. The number of para-hydroxylation sites is 1. The second-order valence-electron chi connectivity index (χ2n) is 7.64. The van der Waals surface area contributed by atoms with Crippen LogP contribution in [-0.2, 0) is 13.1 Å². The molecule has 6 nitrogen and oxygen atoms in total. The maximum atomic E-state index is 9.31. The molecule has 0 saturated carbocycles. The Morgan fingerprint density at radius 1 is 1.10 bits per heavy atom. The van der Waals surface area contributed by atoms with Crippen LogP contribution >= 0.6 is 24.0 Å². The van der Waals surface area contributed by atoms with Crippen LogP contribution in [0.2, 0.25) is 0 Å². The van der Waals surface area contributed by atoms with Gasteiger partial charge in [0.15, 0.2) is 5.96 Å². The minimum atomic E-state index is 0. The lowest BCUT2D eigenvalue weighted by atomic mass is 9.97. The molecular formula is C24H35IN4O2. The van der Waals surface area contributed by atoms with Gasteiger partial charge in [0.2, 0.25) is 0 Å². The number of guanidine groups is 1. The monoisotopic (exact) mass is 538 g/mol. The second-order valence-corrected chi connectivity index (χ2v) is 7.64. The van der Waals surface area contributed by atoms with Crippen molar-refractivity contribution in [3.8, 4) is 5.75 Å². The predicted octanol–water partition coefficient (Wildman–Crippen LogP) is 3.78. The number of ether oxygens (including phenoxy) is 1. The fourth-order valence-electron chi connectivity index (χ4n) is 3.73. The number of rotatable bonds is 8. The molecule has 2 aromatic carbocycles. The van der Waals surface area contributed by atoms with Gasteiger partial charge in [-0.3, -0.25) is 0 Å². The van der Waals surface area contributed by atoms with Crippen LogP contribution in [0.4, 0.5) is 5.69 Å². The number of aliphatic hydroxyl groups is 1. The molecule has 170 valence electrons. The number of methoxy groups -OCH3 is 1. The van der Waals surface area contributed by atoms with Crippen LogP contribution in [0.3, 0.4) is 0 Å². The molecule has 3 rings (SSSR count). The van der Waals surface area contributed by atoms with Crippen LogP contribution in [-0.4, -0.2) is 44.4 Å². The van der Waals surface area contributed by atoms with Crippen molar-refractivity contribution in [1.82, 2.24) is 10.6 Å². The fraction of sp³-hybridized carbons (Fsp3) is 0.458. The van der Waals surface area contributed by atoms with Crippen molar-refractivity contribution in [3.63, 3.8) is 0 Å². The van der Waals surface area contributed by atoms with Gasteiger partial charge in [-0.2, -0.15) is 0 Å². The van der Waals surface area contributed by atoms with E-state index in [4.69, 9.17) is 9.73 Å². The summed E-state index contributed by atoms with van der Waals surface area (Å²) in [6.07, 6.45) is 2.12. The molecule has 7 heteroatoms. The molecule has 0 radical (unpaired) electrons. The van der Waals surface area contributed by atoms with Gasteiger partial charge in [-0.05, 0) is 49.4 Å². The maximum Gasteiger partial charge on any atom is 0.191 e. The highest BCUT2D eigenvalue weighted by atomic mass is 127. The van der Waals surface area contributed by atoms with E-state index < -0.39 is 0 Å². The van der Waals surface area contributed by atoms with Crippen molar-refractivity contribution in [3.05, 3.63) is 59.7 Å². The van der Waals surface area contributed by atoms with E-state index in [2.05, 4.69) is 52.8 Å². The minimum Gasteiger partial charge on any atom is -0.496 e. The van der Waals surface area contributed by atoms with Gasteiger partial charge in [0.25, 0.3) is 0 Å². The van der Waals surface area contributed by atoms with Crippen LogP contribution < -0.4 is 20.3 Å². The molecule has 1 saturated heterocycles. The van der Waals surface area contributed by atoms with E-state index >= 15 is 0 Å². The standard InChI is InChI=1S/C24H34N4O2.HI/c1-3-25-24(27-17-21-6-4-5-7-23(21)30-2)26-16-19-8-10-22(11-9-19)28-14-12-20(18-29)13-15-28;/h4-11,20,29H,3,12-18H2,1-2H3,(H2,25,26,27);1H. The molecule has 1 aliphatic rings. The Bertz CT molecular complexity index is 805. The summed E-state index contributed by atoms with van der Waals surface area (Å²) in [5, 5.41) is 16.0. The smallest absolute Gasteiger partial charge is 0.191 e. The summed E-state index contributed by atoms with van der Waals surface area (Å²) in [4.78, 5) is 7.13. The molecule has 0 atom stereocenters. The topological polar surface area (TPSA) is 69.1 Å². The lowest BCUT2D eigenvalue weighted by Crippen LogP contribution is -2.36. The zero-order chi connectivity index (χ0) is 21.2. The Morgan fingerprint density at radius 3 is 2.45 bits per heavy atom. The highest BCUT2D eigenvalue weighted by Crippen LogP contribution is 2.23. The Balaban J connectivity index is 0.00000341. The summed E-state index contributed by atoms with van der Waals surface area (Å²) in [5.41, 5.74) is 3.53. The zero-order valence-corrected chi connectivity index (χ0v) is 20.8. The number of nitrogens with zero attached hydrogens (tertiary/aromatic N) is 2. The van der Waals surface area contributed by atoms with Crippen LogP contribution in [0.25, 0.3) is 0 Å². The molecule has 1 heterocycles. The van der Waals surface area contributed by atoms with Crippen LogP contribution in [0.5, 0.6) is 5.75 Å². The van der Waals surface area contributed by atoms with Gasteiger partial charge in [-0.25, -0.2) is 4.99 Å². The third-order valence-electron chi connectivity index (χ3n) is 5.58. The van der Waals surface area contributed by atoms with E-state index in [0.29, 0.717) is 25.6 Å². The third-order valence-corrected chi connectivity index (χ3v) is 5.58. The Labute approximate surface area is 203 Å². The minimum absolute atomic E-state index is 0. The molecule has 0 spiro atoms. The summed E-state index contributed by atoms with van der Waals surface area (Å²) in [6, 6.07) is 16.7. The summed E-state index contributed by atoms with van der Waals surface area (Å²) in [6.45, 7) is 6.48. The van der Waals surface area contributed by atoms with E-state index in [1.807, 2.05) is 18.2 Å². The van der Waals surface area contributed by atoms with Crippen molar-refractivity contribution >= 4 is 35.6 Å². The van der Waals surface area contributed by atoms with Gasteiger partial charge in [-0.15, -0.1) is 24.0 Å². The first kappa shape index (κ1) is 25.3. The molecule has 0 unspecified atom stereocenters. The quantitative estimate of drug-likeness (QED) is 0.271. The van der Waals surface area contributed by atoms with Crippen molar-refractivity contribution in [2.45, 2.75) is 32.9 Å². The summed E-state index contributed by atoms with van der Waals surface area (Å²) in [7, 11) is 1.69. The van der Waals surface area contributed by atoms with E-state index in [0.717, 1.165) is 49.7 Å². The Kier molecular flexibility index (Phi) is 10.9. The summed E-state index contributed by atoms with van der Waals surface area (Å²) >= 11 is 0. The molecule has 1 fully saturated rings. The Morgan fingerprint density at radius 2 is 1.81 bits per heavy atom. The molecule has 31 heavy (non-hydrogen) atoms. The molecule has 0 aliphatic carbocycles. The normalized spacial score (nSPS) is 14.7. The van der Waals surface area contributed by atoms with E-state index in [1.165, 1.54) is 11.3 Å². The number of aliphatic hydroxyl groups excluding tert-OH is 1. The fourth-order valence-corrected chi connectivity index (χ4v) is 3.73. The van der Waals surface area contributed by atoms with Crippen molar-refractivity contribution < 1.29 is 9.84 Å². The number of piperidine rings is 1. The van der Waals surface area contributed by atoms with E-state index in [-0.39, 0.29) is 24.0 Å². The van der Waals surface area contributed by atoms with Crippen molar-refractivity contribution in [2.75, 3.05) is 38.3 Å². The van der Waals surface area contributed by atoms with E-state index in [1.54, 1.807) is 7.11 Å². The van der Waals surface area contributed by atoms with Gasteiger partial charge in [0.05, 0.1) is 13.7 Å². The molecule has 3 N–H and O–H groups in total. The molecule has 1 aliphatic heterocycles. The first-order chi connectivity index (χ1) is 14.7. The first-order valence-electron chi connectivity index (χ1n) is 10.8. The second kappa shape index (κ2) is 13.4. The van der Waals surface area contributed by atoms with Gasteiger partial charge < -0.3 is 25.4 Å². The predicted molar refractivity (Wildman–Crippen MR) is 139 cm³/mol. The molecular weight excluding hydrogens is 503 g/mol. The van der Waals surface area contributed by atoms with Crippen LogP contribution in [0, 0.1) is 5.92 Å². The van der Waals surface area contributed by atoms with E-state index in [9.17, 15) is 5.11 Å². The highest BCUT2D eigenvalue weighted by molar-refractivity contribution is 14.0. The largest absolute Gasteiger partial charge is 0.496 e. The molecule has 0 bridgehead atoms. The number of anilines is 1. The van der Waals surface area contributed by atoms with Crippen molar-refractivity contribution in [2.24, 2.45) is 10.9 Å². The molecule has 0 aromatic heterocycles. The number of aliphatic imine (C=N–C) groups is 1. The number of hydrogen-bond acceptors (Lipinski definition) is 4. The van der Waals surface area contributed by atoms with Crippen molar-refractivity contribution in [1.29, 1.82) is 0 Å². The van der Waals surface area contributed by atoms with Gasteiger partial charge in [0, 0.05) is 44.0 Å². The Hall–Kier alpha value is -2.00. The van der Waals surface area contributed by atoms with Gasteiger partial charge in [-0.1, -0.05) is 30.3 Å². The number of hydrogen-bond donors (Lipinski definition) is 3. The van der Waals surface area contributed by atoms with Gasteiger partial charge >= 0.3 is 0 Å². The lowest BCUT2D eigenvalue weighted by Gasteiger charge is -2.32. The number of nitrogens with one attached hydrogen (secondary N) is 2. The summed E-state index contributed by atoms with van der Waals surface area (Å²) in [5.74, 6) is 2.13. The molecule has 2 aromatic rings. The molecule has 0 amide bonds. The third kappa shape index (κ3) is 7.57. The number of benzene rings is 2. The lowest BCUT2D eigenvalue weighted by molar-refractivity contribution is 0.203. The first-order valence-corrected chi connectivity index (χ1v) is 10.8. The highest BCUT2D eigenvalue weighted by Gasteiger charge is 2.18. The average molecular weight is 538 g/mol. The average Bonchev–Trinajstić information content (AvgIpc) is 2.81. The maximum absolute atomic E-state index is 9.31. The van der Waals surface area contributed by atoms with Gasteiger partial charge in [0.1, 0.15) is 5.75 Å². The number of halogens is 1. The summed E-state index contributed by atoms with van der Waals surface area (Å²) < 4.78 is 5.42. The van der Waals surface area contributed by atoms with Crippen LogP contribution in [0.1, 0.15) is 30.9 Å². The SMILES string of the molecule is CCNC(=NCc1ccc(N2CCC(CO)CC2)cc1)NCc1ccccc1OC.I. The van der Waals surface area contributed by atoms with Crippen LogP contribution in [0.15, 0.2) is 53.5 Å².